The molecule has 0 fully saturated rings. The Kier molecular flexibility index (Phi) is 1.11. The van der Waals surface area contributed by atoms with Crippen molar-refractivity contribution in [1.82, 2.24) is 0 Å². The molecule has 7 heavy (non-hydrogen) atoms. The first kappa shape index (κ1) is 4.37. The molecule has 0 bridgehead atoms. The maximum Gasteiger partial charge on any atom is 0.257 e. The molecule has 0 N–H and O–H groups in total. The van der Waals surface area contributed by atoms with Crippen molar-refractivity contribution in [3.8, 4) is 0 Å². The van der Waals surface area contributed by atoms with Crippen LogP contribution in [0, 0.1) is 6.67 Å². The van der Waals surface area contributed by atoms with Crippen LogP contribution in [0.4, 0.5) is 4.39 Å². The Morgan fingerprint density at radius 3 is 2.86 bits per heavy atom. The maximum atomic E-state index is 11.2. The van der Waals surface area contributed by atoms with Crippen molar-refractivity contribution in [3.63, 3.8) is 0 Å². The molecule has 2 radical (unpaired) electrons. The quantitative estimate of drug-likeness (QED) is 0.520. The number of halogens is 1. The first-order chi connectivity index (χ1) is 3.43. The molecule has 0 atom stereocenters. The first-order valence-electron chi connectivity index (χ1n) is 1.83. The molecule has 0 unspecified atom stereocenters. The number of rotatable bonds is 1. The van der Waals surface area contributed by atoms with E-state index in [9.17, 15) is 4.39 Å². The molecule has 2 heteroatoms. The van der Waals surface area contributed by atoms with Gasteiger partial charge in [-0.2, -0.15) is 0 Å². The van der Waals surface area contributed by atoms with Gasteiger partial charge in [0.25, 0.3) is 6.67 Å². The lowest BCUT2D eigenvalue weighted by molar-refractivity contribution is 0.490. The lowest BCUT2D eigenvalue weighted by atomic mass is 10.5. The molecule has 0 aromatic carbocycles. The lowest BCUT2D eigenvalue weighted by Crippen LogP contribution is -1.60. The summed E-state index contributed by atoms with van der Waals surface area (Å²) in [6, 6.07) is 3.09. The molecule has 1 aromatic rings. The predicted octanol–water partition coefficient (Wildman–Crippen LogP) is 1.64. The van der Waals surface area contributed by atoms with E-state index in [0.717, 1.165) is 0 Å². The zero-order valence-electron chi connectivity index (χ0n) is 3.52. The highest BCUT2D eigenvalue weighted by molar-refractivity contribution is 5.03. The van der Waals surface area contributed by atoms with Crippen LogP contribution in [0.5, 0.6) is 0 Å². The van der Waals surface area contributed by atoms with Crippen molar-refractivity contribution in [2.45, 2.75) is 0 Å². The molecule has 1 aromatic heterocycles. The van der Waals surface area contributed by atoms with E-state index >= 15 is 0 Å². The van der Waals surface area contributed by atoms with E-state index in [1.807, 2.05) is 0 Å². The molecule has 0 spiro atoms. The van der Waals surface area contributed by atoms with Crippen LogP contribution in [-0.4, -0.2) is 0 Å². The minimum atomic E-state index is 0.139. The second kappa shape index (κ2) is 1.78. The molecule has 1 rings (SSSR count). The first-order valence-corrected chi connectivity index (χ1v) is 1.83. The Labute approximate surface area is 40.8 Å². The van der Waals surface area contributed by atoms with Crippen LogP contribution in [0.25, 0.3) is 0 Å². The average molecular weight is 98.1 g/mol. The van der Waals surface area contributed by atoms with Crippen LogP contribution in [0.3, 0.4) is 0 Å². The van der Waals surface area contributed by atoms with Crippen LogP contribution in [0.2, 0.25) is 0 Å². The summed E-state index contributed by atoms with van der Waals surface area (Å²) < 4.78 is 15.7. The van der Waals surface area contributed by atoms with Gasteiger partial charge in [-0.15, -0.1) is 0 Å². The fourth-order valence-electron chi connectivity index (χ4n) is 0.332. The molecule has 1 heterocycles. The molecule has 0 saturated carbocycles. The third-order valence-electron chi connectivity index (χ3n) is 0.614. The van der Waals surface area contributed by atoms with E-state index in [2.05, 4.69) is 4.42 Å². The van der Waals surface area contributed by atoms with Gasteiger partial charge in [0, 0.05) is 0 Å². The van der Waals surface area contributed by atoms with Crippen molar-refractivity contribution in [2.24, 2.45) is 0 Å². The summed E-state index contributed by atoms with van der Waals surface area (Å²) >= 11 is 0. The summed E-state index contributed by atoms with van der Waals surface area (Å²) in [5.74, 6) is 0.139. The molecular formula is C5H3FO. The maximum absolute atomic E-state index is 11.2. The van der Waals surface area contributed by atoms with Crippen LogP contribution in [0.1, 0.15) is 5.76 Å². The van der Waals surface area contributed by atoms with Gasteiger partial charge in [0.1, 0.15) is 5.76 Å². The van der Waals surface area contributed by atoms with Crippen molar-refractivity contribution >= 4 is 0 Å². The average Bonchev–Trinajstić information content (AvgIpc) is 2.14. The number of hydrogen-bond donors (Lipinski definition) is 0. The van der Waals surface area contributed by atoms with Gasteiger partial charge in [0.05, 0.1) is 6.26 Å². The smallest absolute Gasteiger partial charge is 0.257 e. The molecule has 0 aliphatic rings. The summed E-state index contributed by atoms with van der Waals surface area (Å²) in [7, 11) is 0. The molecular weight excluding hydrogens is 95.1 g/mol. The Bertz CT molecular complexity index is 123. The summed E-state index contributed by atoms with van der Waals surface area (Å²) in [6.07, 6.45) is 1.39. The van der Waals surface area contributed by atoms with E-state index in [1.54, 1.807) is 6.07 Å². The summed E-state index contributed by atoms with van der Waals surface area (Å²) in [5.41, 5.74) is 0. The highest BCUT2D eigenvalue weighted by Gasteiger charge is 1.90. The minimum Gasteiger partial charge on any atom is -0.466 e. The molecule has 0 aliphatic heterocycles. The van der Waals surface area contributed by atoms with Gasteiger partial charge in [-0.3, -0.25) is 0 Å². The standard InChI is InChI=1S/C5H3FO/c6-4-5-2-1-3-7-5/h1-3H. The van der Waals surface area contributed by atoms with E-state index < -0.39 is 0 Å². The van der Waals surface area contributed by atoms with Gasteiger partial charge >= 0.3 is 0 Å². The molecule has 0 amide bonds. The van der Waals surface area contributed by atoms with Gasteiger partial charge in [0.2, 0.25) is 0 Å². The Morgan fingerprint density at radius 2 is 2.57 bits per heavy atom. The highest BCUT2D eigenvalue weighted by Crippen LogP contribution is 2.01. The van der Waals surface area contributed by atoms with Crippen molar-refractivity contribution in [3.05, 3.63) is 30.8 Å². The van der Waals surface area contributed by atoms with E-state index in [1.165, 1.54) is 19.0 Å². The van der Waals surface area contributed by atoms with Gasteiger partial charge in [-0.05, 0) is 12.1 Å². The normalized spacial score (nSPS) is 9.29. The Morgan fingerprint density at radius 1 is 1.71 bits per heavy atom. The second-order valence-corrected chi connectivity index (χ2v) is 1.07. The summed E-state index contributed by atoms with van der Waals surface area (Å²) in [5, 5.41) is 0. The van der Waals surface area contributed by atoms with Crippen molar-refractivity contribution < 1.29 is 8.81 Å². The molecule has 1 nitrogen and oxygen atoms in total. The zero-order chi connectivity index (χ0) is 5.11. The fourth-order valence-corrected chi connectivity index (χ4v) is 0.332. The third kappa shape index (κ3) is 0.796. The van der Waals surface area contributed by atoms with Crippen LogP contribution in [0.15, 0.2) is 22.8 Å². The molecule has 0 aliphatic carbocycles. The van der Waals surface area contributed by atoms with Gasteiger partial charge < -0.3 is 4.42 Å². The van der Waals surface area contributed by atoms with E-state index in [-0.39, 0.29) is 5.76 Å². The van der Waals surface area contributed by atoms with Gasteiger partial charge in [-0.25, -0.2) is 4.39 Å². The topological polar surface area (TPSA) is 13.1 Å². The Balaban J connectivity index is 2.76. The number of furan rings is 1. The number of hydrogen-bond acceptors (Lipinski definition) is 1. The second-order valence-electron chi connectivity index (χ2n) is 1.07. The fraction of sp³-hybridized carbons (Fsp3) is 0. The SMILES string of the molecule is F[C]c1ccco1. The highest BCUT2D eigenvalue weighted by atomic mass is 19.1. The van der Waals surface area contributed by atoms with Gasteiger partial charge in [0.15, 0.2) is 0 Å². The zero-order valence-corrected chi connectivity index (χ0v) is 3.52. The monoisotopic (exact) mass is 98.0 g/mol. The third-order valence-corrected chi connectivity index (χ3v) is 0.614. The van der Waals surface area contributed by atoms with Crippen molar-refractivity contribution in [1.29, 1.82) is 0 Å². The molecule has 0 saturated heterocycles. The van der Waals surface area contributed by atoms with Crippen LogP contribution >= 0.6 is 0 Å². The van der Waals surface area contributed by atoms with E-state index in [0.29, 0.717) is 0 Å². The predicted molar refractivity (Wildman–Crippen MR) is 22.2 cm³/mol. The van der Waals surface area contributed by atoms with Crippen LogP contribution in [-0.2, 0) is 0 Å². The van der Waals surface area contributed by atoms with Crippen molar-refractivity contribution in [2.75, 3.05) is 0 Å². The summed E-state index contributed by atoms with van der Waals surface area (Å²) in [4.78, 5) is 0. The molecule has 36 valence electrons. The van der Waals surface area contributed by atoms with Gasteiger partial charge in [-0.1, -0.05) is 0 Å². The van der Waals surface area contributed by atoms with E-state index in [4.69, 9.17) is 0 Å². The summed E-state index contributed by atoms with van der Waals surface area (Å²) in [6.45, 7) is 1.34. The largest absolute Gasteiger partial charge is 0.466 e. The Hall–Kier alpha value is -0.790. The minimum absolute atomic E-state index is 0.139. The van der Waals surface area contributed by atoms with Crippen LogP contribution < -0.4 is 0 Å². The lowest BCUT2D eigenvalue weighted by Gasteiger charge is -1.73.